The normalized spacial score (nSPS) is 44.1. The Labute approximate surface area is 371 Å². The second-order valence-electron chi connectivity index (χ2n) is 22.4. The number of allylic oxidation sites excluding steroid dienone is 5. The van der Waals surface area contributed by atoms with Crippen LogP contribution in [0.4, 0.5) is 0 Å². The molecule has 6 aliphatic carbocycles. The van der Waals surface area contributed by atoms with Crippen molar-refractivity contribution in [1.29, 1.82) is 0 Å². The van der Waals surface area contributed by atoms with Gasteiger partial charge in [-0.15, -0.1) is 0 Å². The van der Waals surface area contributed by atoms with Gasteiger partial charge in [0, 0.05) is 61.1 Å². The van der Waals surface area contributed by atoms with Gasteiger partial charge >= 0.3 is 11.9 Å². The molecule has 8 nitrogen and oxygen atoms in total. The summed E-state index contributed by atoms with van der Waals surface area (Å²) in [4.78, 5) is 36.7. The molecule has 8 heteroatoms. The highest BCUT2D eigenvalue weighted by Gasteiger charge is 2.94. The van der Waals surface area contributed by atoms with Crippen LogP contribution in [0.15, 0.2) is 101 Å². The zero-order valence-corrected chi connectivity index (χ0v) is 36.9. The summed E-state index contributed by atoms with van der Waals surface area (Å²) in [5.74, 6) is 2.19. The Hall–Kier alpha value is -4.40. The van der Waals surface area contributed by atoms with Crippen molar-refractivity contribution < 1.29 is 24.2 Å². The Balaban J connectivity index is 1.11. The van der Waals surface area contributed by atoms with E-state index >= 15 is 4.79 Å². The molecule has 3 N–H and O–H groups in total. The fraction of sp³-hybridized carbons (Fsp3) is 0.564. The first-order valence-corrected chi connectivity index (χ1v) is 24.8. The molecule has 4 fully saturated rings. The van der Waals surface area contributed by atoms with E-state index in [1.807, 2.05) is 0 Å². The van der Waals surface area contributed by atoms with Crippen LogP contribution in [0.1, 0.15) is 97.8 Å². The number of carbonyl (C=O) groups is 2. The van der Waals surface area contributed by atoms with Crippen molar-refractivity contribution in [1.82, 2.24) is 9.80 Å². The molecule has 0 aromatic heterocycles. The maximum atomic E-state index is 16.2. The van der Waals surface area contributed by atoms with Crippen molar-refractivity contribution in [2.24, 2.45) is 69.8 Å². The van der Waals surface area contributed by atoms with Crippen LogP contribution in [0.3, 0.4) is 0 Å². The lowest BCUT2D eigenvalue weighted by molar-refractivity contribution is -0.282. The second kappa shape index (κ2) is 12.9. The second-order valence-corrected chi connectivity index (χ2v) is 22.4. The van der Waals surface area contributed by atoms with E-state index in [0.29, 0.717) is 73.3 Å². The van der Waals surface area contributed by atoms with Crippen LogP contribution in [-0.4, -0.2) is 65.1 Å². The Morgan fingerprint density at radius 3 is 2.71 bits per heavy atom. The summed E-state index contributed by atoms with van der Waals surface area (Å²) in [7, 11) is 0. The van der Waals surface area contributed by atoms with E-state index in [-0.39, 0.29) is 53.3 Å². The fourth-order valence-corrected chi connectivity index (χ4v) is 17.9. The first kappa shape index (κ1) is 37.9. The first-order chi connectivity index (χ1) is 30.7. The molecule has 15 unspecified atom stereocenters. The van der Waals surface area contributed by atoms with E-state index in [9.17, 15) is 9.90 Å². The van der Waals surface area contributed by atoms with Crippen LogP contribution in [0, 0.1) is 64.1 Å². The molecule has 3 saturated heterocycles. The monoisotopic (exact) mass is 843 g/mol. The minimum Gasteiger partial charge on any atom is -0.509 e. The zero-order valence-electron chi connectivity index (χ0n) is 36.9. The van der Waals surface area contributed by atoms with Gasteiger partial charge < -0.3 is 25.2 Å². The number of aliphatic hydroxyl groups excluding tert-OH is 1. The van der Waals surface area contributed by atoms with Crippen molar-refractivity contribution in [3.8, 4) is 0 Å². The quantitative estimate of drug-likeness (QED) is 0.234. The first-order valence-electron chi connectivity index (χ1n) is 24.8. The maximum Gasteiger partial charge on any atom is 0.339 e. The van der Waals surface area contributed by atoms with Gasteiger partial charge in [0.1, 0.15) is 11.2 Å². The number of hydrogen-bond acceptors (Lipinski definition) is 8. The van der Waals surface area contributed by atoms with Gasteiger partial charge in [-0.05, 0) is 141 Å². The number of rotatable bonds is 3. The lowest BCUT2D eigenvalue weighted by Crippen LogP contribution is -2.78. The third-order valence-electron chi connectivity index (χ3n) is 19.8. The summed E-state index contributed by atoms with van der Waals surface area (Å²) >= 11 is 0. The van der Waals surface area contributed by atoms with Crippen molar-refractivity contribution in [2.45, 2.75) is 102 Å². The summed E-state index contributed by atoms with van der Waals surface area (Å²) in [6.07, 6.45) is 19.2. The molecule has 15 atom stereocenters. The van der Waals surface area contributed by atoms with Crippen LogP contribution in [0.5, 0.6) is 0 Å². The molecular formula is C55H61N3O5. The van der Waals surface area contributed by atoms with Gasteiger partial charge in [-0.2, -0.15) is 0 Å². The molecule has 9 aliphatic heterocycles. The number of hydrogen-bond donors (Lipinski definition) is 2. The van der Waals surface area contributed by atoms with E-state index in [4.69, 9.17) is 15.2 Å². The Bertz CT molecular complexity index is 2590. The Morgan fingerprint density at radius 2 is 1.83 bits per heavy atom. The molecule has 9 heterocycles. The molecule has 16 bridgehead atoms. The predicted octanol–water partition coefficient (Wildman–Crippen LogP) is 8.48. The number of nitrogens with two attached hydrogens (primary N) is 1. The largest absolute Gasteiger partial charge is 0.509 e. The Kier molecular flexibility index (Phi) is 7.77. The van der Waals surface area contributed by atoms with E-state index in [1.54, 1.807) is 5.70 Å². The molecule has 2 aromatic rings. The van der Waals surface area contributed by atoms with Crippen LogP contribution < -0.4 is 5.73 Å². The summed E-state index contributed by atoms with van der Waals surface area (Å²) < 4.78 is 14.2. The van der Waals surface area contributed by atoms with Gasteiger partial charge in [-0.1, -0.05) is 79.3 Å². The molecule has 3 spiro atoms. The summed E-state index contributed by atoms with van der Waals surface area (Å²) in [5, 5.41) is 13.0. The summed E-state index contributed by atoms with van der Waals surface area (Å²) in [6.45, 7) is 8.36. The van der Waals surface area contributed by atoms with E-state index in [0.717, 1.165) is 69.3 Å². The lowest BCUT2D eigenvalue weighted by Gasteiger charge is -2.73. The molecule has 2 aromatic carbocycles. The number of fused-ring (bicyclic) bond motifs is 7. The number of carbonyl (C=O) groups excluding carboxylic acids is 2. The van der Waals surface area contributed by atoms with Gasteiger partial charge in [-0.25, -0.2) is 4.79 Å². The summed E-state index contributed by atoms with van der Waals surface area (Å²) in [5.41, 5.74) is 13.8. The van der Waals surface area contributed by atoms with Crippen molar-refractivity contribution in [3.05, 3.63) is 129 Å². The van der Waals surface area contributed by atoms with Crippen molar-refractivity contribution in [2.75, 3.05) is 26.2 Å². The SMILES string of the molecule is CC1CC2=C3C4C5=C6C7C=CC(CCc8cccc(c8)CC7C14)CC1C64C(=O)OC(=C(O)CC(C)N6CC7CC(C6)C(C=C2)N3C7)C4(CC5)C12OC(=O)c1c(CCCN)cccc12. The number of nitrogens with zero attached hydrogens (tertiary/aromatic N) is 2. The smallest absolute Gasteiger partial charge is 0.339 e. The average Bonchev–Trinajstić information content (AvgIpc) is 3.72. The standard InChI is InChI=1S/C55H61N3O5/c1-29-20-36-14-16-42-37-23-34-26-57(28-37)30(2)21-43(59)50-53-18-17-39-47(49(36)58(42)27-34)45(29)40-24-33-7-3-6-31(22-33)11-12-32-13-15-38(40)48(39)54(53,52(61)62-50)44(25-32)55(53)41-10-4-8-35(9-5-19-56)46(41)51(60)63-55/h3-4,6-8,10,13-16,22,29-30,32,34,37-38,40,42,44-45,47,59H,5,9,11-12,17-21,23-28,56H2,1-2H3. The number of ether oxygens (including phenoxy) is 2. The van der Waals surface area contributed by atoms with Crippen LogP contribution >= 0.6 is 0 Å². The highest BCUT2D eigenvalue weighted by Crippen LogP contribution is 2.88. The number of benzene rings is 2. The molecule has 0 radical (unpaired) electrons. The molecular weight excluding hydrogens is 783 g/mol. The van der Waals surface area contributed by atoms with Gasteiger partial charge in [0.2, 0.25) is 0 Å². The van der Waals surface area contributed by atoms with Gasteiger partial charge in [-0.3, -0.25) is 9.69 Å². The fourth-order valence-electron chi connectivity index (χ4n) is 17.9. The van der Waals surface area contributed by atoms with Crippen LogP contribution in [0.25, 0.3) is 0 Å². The van der Waals surface area contributed by atoms with E-state index in [1.165, 1.54) is 34.3 Å². The van der Waals surface area contributed by atoms with Gasteiger partial charge in [0.25, 0.3) is 0 Å². The Morgan fingerprint density at radius 1 is 0.952 bits per heavy atom. The molecule has 17 rings (SSSR count). The number of piperidine rings is 2. The molecule has 63 heavy (non-hydrogen) atoms. The molecule has 0 amide bonds. The average molecular weight is 844 g/mol. The number of aryl methyl sites for hydroxylation is 2. The lowest BCUT2D eigenvalue weighted by atomic mass is 9.27. The summed E-state index contributed by atoms with van der Waals surface area (Å²) in [6, 6.07) is 16.1. The highest BCUT2D eigenvalue weighted by atomic mass is 16.6. The van der Waals surface area contributed by atoms with Gasteiger partial charge in [0.05, 0.1) is 17.0 Å². The number of esters is 2. The predicted molar refractivity (Wildman–Crippen MR) is 239 cm³/mol. The van der Waals surface area contributed by atoms with Crippen molar-refractivity contribution >= 4 is 11.9 Å². The van der Waals surface area contributed by atoms with Crippen molar-refractivity contribution in [3.63, 3.8) is 0 Å². The van der Waals surface area contributed by atoms with Crippen LogP contribution in [0.2, 0.25) is 0 Å². The maximum absolute atomic E-state index is 16.2. The van der Waals surface area contributed by atoms with E-state index < -0.39 is 16.4 Å². The molecule has 15 aliphatic rings. The topological polar surface area (TPSA) is 105 Å². The third kappa shape index (κ3) is 4.47. The number of aliphatic hydroxyl groups is 1. The van der Waals surface area contributed by atoms with E-state index in [2.05, 4.69) is 90.4 Å². The zero-order chi connectivity index (χ0) is 42.3. The molecule has 1 saturated carbocycles. The van der Waals surface area contributed by atoms with Gasteiger partial charge in [0.15, 0.2) is 11.4 Å². The highest BCUT2D eigenvalue weighted by molar-refractivity contribution is 6.00. The minimum atomic E-state index is -1.17. The molecule has 326 valence electrons. The minimum absolute atomic E-state index is 0.00834. The van der Waals surface area contributed by atoms with Crippen LogP contribution in [-0.2, 0) is 39.1 Å². The third-order valence-corrected chi connectivity index (χ3v) is 19.8.